The summed E-state index contributed by atoms with van der Waals surface area (Å²) < 4.78 is 2.50. The summed E-state index contributed by atoms with van der Waals surface area (Å²) in [5, 5.41) is 4.88. The number of hydrogen-bond donors (Lipinski definition) is 2. The number of nitrogens with one attached hydrogen (secondary N) is 1. The number of anilines is 2. The molecule has 0 unspecified atom stereocenters. The van der Waals surface area contributed by atoms with E-state index in [1.807, 2.05) is 19.2 Å². The van der Waals surface area contributed by atoms with Crippen molar-refractivity contribution in [2.75, 3.05) is 11.1 Å². The molecule has 2 rings (SSSR count). The molecule has 0 radical (unpaired) electrons. The van der Waals surface area contributed by atoms with Gasteiger partial charge in [0, 0.05) is 19.0 Å². The highest BCUT2D eigenvalue weighted by atomic mass is 32.1. The third kappa shape index (κ3) is 3.15. The summed E-state index contributed by atoms with van der Waals surface area (Å²) in [6.45, 7) is 4.83. The molecule has 0 atom stereocenters. The lowest BCUT2D eigenvalue weighted by Crippen LogP contribution is -2.41. The van der Waals surface area contributed by atoms with Crippen molar-refractivity contribution in [2.24, 2.45) is 13.0 Å². The van der Waals surface area contributed by atoms with Gasteiger partial charge in [-0.2, -0.15) is 0 Å². The van der Waals surface area contributed by atoms with Crippen LogP contribution in [0.3, 0.4) is 0 Å². The highest BCUT2D eigenvalue weighted by Gasteiger charge is 2.15. The fraction of sp³-hybridized carbons (Fsp3) is 0.462. The van der Waals surface area contributed by atoms with E-state index in [0.717, 1.165) is 10.3 Å². The molecule has 8 heteroatoms. The van der Waals surface area contributed by atoms with Crippen LogP contribution in [-0.4, -0.2) is 14.1 Å². The van der Waals surface area contributed by atoms with Crippen molar-refractivity contribution < 1.29 is 0 Å². The topological polar surface area (TPSA) is 94.9 Å². The first-order chi connectivity index (χ1) is 9.91. The van der Waals surface area contributed by atoms with Crippen molar-refractivity contribution in [3.63, 3.8) is 0 Å². The zero-order valence-corrected chi connectivity index (χ0v) is 13.1. The second-order valence-electron chi connectivity index (χ2n) is 5.24. The summed E-state index contributed by atoms with van der Waals surface area (Å²) >= 11 is 1.48. The van der Waals surface area contributed by atoms with Gasteiger partial charge in [-0.15, -0.1) is 11.3 Å². The molecule has 0 spiro atoms. The van der Waals surface area contributed by atoms with E-state index in [4.69, 9.17) is 5.73 Å². The predicted molar refractivity (Wildman–Crippen MR) is 84.6 cm³/mol. The minimum Gasteiger partial charge on any atom is -0.383 e. The monoisotopic (exact) mass is 309 g/mol. The molecule has 0 amide bonds. The number of hydrogen-bond acceptors (Lipinski definition) is 6. The van der Waals surface area contributed by atoms with Crippen LogP contribution in [0.1, 0.15) is 19.5 Å². The Labute approximate surface area is 126 Å². The molecule has 7 nitrogen and oxygen atoms in total. The SMILES string of the molecule is CC(C)Cn1c(N)c(NCc2cscn2)c(=O)n(C)c1=O. The summed E-state index contributed by atoms with van der Waals surface area (Å²) in [5.74, 6) is 0.418. The van der Waals surface area contributed by atoms with Gasteiger partial charge in [0.15, 0.2) is 0 Å². The summed E-state index contributed by atoms with van der Waals surface area (Å²) in [6, 6.07) is 0. The number of nitrogens with two attached hydrogens (primary N) is 1. The number of thiazole rings is 1. The maximum Gasteiger partial charge on any atom is 0.332 e. The Morgan fingerprint density at radius 1 is 1.43 bits per heavy atom. The van der Waals surface area contributed by atoms with Crippen molar-refractivity contribution in [2.45, 2.75) is 26.9 Å². The van der Waals surface area contributed by atoms with Gasteiger partial charge in [0.25, 0.3) is 5.56 Å². The van der Waals surface area contributed by atoms with Crippen LogP contribution in [0.15, 0.2) is 20.5 Å². The van der Waals surface area contributed by atoms with Gasteiger partial charge >= 0.3 is 5.69 Å². The molecule has 0 fully saturated rings. The first-order valence-electron chi connectivity index (χ1n) is 6.62. The van der Waals surface area contributed by atoms with Crippen LogP contribution in [0.25, 0.3) is 0 Å². The van der Waals surface area contributed by atoms with Crippen molar-refractivity contribution in [3.8, 4) is 0 Å². The lowest BCUT2D eigenvalue weighted by atomic mass is 10.2. The summed E-state index contributed by atoms with van der Waals surface area (Å²) in [4.78, 5) is 28.5. The Morgan fingerprint density at radius 2 is 2.14 bits per heavy atom. The second-order valence-corrected chi connectivity index (χ2v) is 5.96. The fourth-order valence-corrected chi connectivity index (χ4v) is 2.55. The molecule has 0 aromatic carbocycles. The molecule has 0 aliphatic carbocycles. The molecule has 3 N–H and O–H groups in total. The van der Waals surface area contributed by atoms with Crippen molar-refractivity contribution in [1.82, 2.24) is 14.1 Å². The molecule has 2 aromatic heterocycles. The summed E-state index contributed by atoms with van der Waals surface area (Å²) in [6.07, 6.45) is 0. The van der Waals surface area contributed by atoms with Gasteiger partial charge in [0.1, 0.15) is 11.5 Å². The molecule has 0 saturated carbocycles. The molecule has 2 aromatic rings. The van der Waals surface area contributed by atoms with Crippen LogP contribution in [0, 0.1) is 5.92 Å². The largest absolute Gasteiger partial charge is 0.383 e. The van der Waals surface area contributed by atoms with Crippen LogP contribution in [0.4, 0.5) is 11.5 Å². The number of aromatic nitrogens is 3. The maximum absolute atomic E-state index is 12.2. The zero-order chi connectivity index (χ0) is 15.6. The van der Waals surface area contributed by atoms with Crippen molar-refractivity contribution in [3.05, 3.63) is 37.4 Å². The van der Waals surface area contributed by atoms with E-state index in [1.165, 1.54) is 23.0 Å². The van der Waals surface area contributed by atoms with Gasteiger partial charge in [-0.1, -0.05) is 13.8 Å². The third-order valence-electron chi connectivity index (χ3n) is 3.06. The number of nitrogen functional groups attached to an aromatic ring is 1. The summed E-state index contributed by atoms with van der Waals surface area (Å²) in [7, 11) is 1.45. The minimum absolute atomic E-state index is 0.173. The van der Waals surface area contributed by atoms with Crippen LogP contribution in [-0.2, 0) is 20.1 Å². The lowest BCUT2D eigenvalue weighted by Gasteiger charge is -2.17. The van der Waals surface area contributed by atoms with Crippen LogP contribution in [0.2, 0.25) is 0 Å². The number of rotatable bonds is 5. The van der Waals surface area contributed by atoms with Gasteiger partial charge in [-0.25, -0.2) is 9.78 Å². The molecule has 0 aliphatic heterocycles. The van der Waals surface area contributed by atoms with E-state index in [1.54, 1.807) is 5.51 Å². The molecular formula is C13H19N5O2S. The maximum atomic E-state index is 12.2. The van der Waals surface area contributed by atoms with E-state index in [0.29, 0.717) is 13.1 Å². The second kappa shape index (κ2) is 6.13. The Hall–Kier alpha value is -2.09. The van der Waals surface area contributed by atoms with Crippen LogP contribution in [0.5, 0.6) is 0 Å². The molecule has 21 heavy (non-hydrogen) atoms. The Balaban J connectivity index is 2.42. The molecule has 0 saturated heterocycles. The quantitative estimate of drug-likeness (QED) is 0.854. The lowest BCUT2D eigenvalue weighted by molar-refractivity contribution is 0.494. The normalized spacial score (nSPS) is 11.0. The van der Waals surface area contributed by atoms with Crippen LogP contribution < -0.4 is 22.3 Å². The number of nitrogens with zero attached hydrogens (tertiary/aromatic N) is 3. The molecule has 114 valence electrons. The van der Waals surface area contributed by atoms with Gasteiger partial charge < -0.3 is 11.1 Å². The van der Waals surface area contributed by atoms with E-state index >= 15 is 0 Å². The average Bonchev–Trinajstić information content (AvgIpc) is 2.94. The molecule has 0 bridgehead atoms. The minimum atomic E-state index is -0.423. The van der Waals surface area contributed by atoms with Gasteiger partial charge in [-0.3, -0.25) is 13.9 Å². The highest BCUT2D eigenvalue weighted by molar-refractivity contribution is 7.07. The van der Waals surface area contributed by atoms with Crippen LogP contribution >= 0.6 is 11.3 Å². The molecule has 2 heterocycles. The van der Waals surface area contributed by atoms with Crippen molar-refractivity contribution in [1.29, 1.82) is 0 Å². The fourth-order valence-electron chi connectivity index (χ4n) is 1.99. The van der Waals surface area contributed by atoms with E-state index in [2.05, 4.69) is 10.3 Å². The smallest absolute Gasteiger partial charge is 0.332 e. The van der Waals surface area contributed by atoms with Gasteiger partial charge in [0.05, 0.1) is 17.7 Å². The van der Waals surface area contributed by atoms with E-state index in [-0.39, 0.29) is 17.4 Å². The van der Waals surface area contributed by atoms with E-state index in [9.17, 15) is 9.59 Å². The zero-order valence-electron chi connectivity index (χ0n) is 12.3. The Bertz CT molecular complexity index is 730. The van der Waals surface area contributed by atoms with Gasteiger partial charge in [0.2, 0.25) is 0 Å². The first-order valence-corrected chi connectivity index (χ1v) is 7.56. The average molecular weight is 309 g/mol. The Morgan fingerprint density at radius 3 is 2.71 bits per heavy atom. The predicted octanol–water partition coefficient (Wildman–Crippen LogP) is 0.854. The third-order valence-corrected chi connectivity index (χ3v) is 3.70. The molecule has 0 aliphatic rings. The highest BCUT2D eigenvalue weighted by Crippen LogP contribution is 2.14. The molecular weight excluding hydrogens is 290 g/mol. The standard InChI is InChI=1S/C13H19N5O2S/c1-8(2)5-18-11(14)10(12(19)17(3)13(18)20)15-4-9-6-21-7-16-9/h6-8,15H,4-5,14H2,1-3H3. The van der Waals surface area contributed by atoms with E-state index < -0.39 is 11.2 Å². The first kappa shape index (κ1) is 15.3. The Kier molecular flexibility index (Phi) is 4.46. The van der Waals surface area contributed by atoms with Crippen molar-refractivity contribution >= 4 is 22.8 Å². The summed E-state index contributed by atoms with van der Waals surface area (Å²) in [5.41, 5.74) is 7.97. The van der Waals surface area contributed by atoms with Gasteiger partial charge in [-0.05, 0) is 5.92 Å².